The van der Waals surface area contributed by atoms with Crippen molar-refractivity contribution in [1.82, 2.24) is 4.90 Å². The standard InChI is InChI=1S/C15H21FN2O/c16-13-2-3-14-12(10-13)4-5-15(19-14)6-9-18(11-15)8-1-7-17/h2-3,10H,1,4-9,11,17H2. The van der Waals surface area contributed by atoms with Gasteiger partial charge in [-0.05, 0) is 56.1 Å². The zero-order valence-corrected chi connectivity index (χ0v) is 11.2. The Morgan fingerprint density at radius 1 is 1.37 bits per heavy atom. The molecule has 1 fully saturated rings. The molecule has 4 heteroatoms. The van der Waals surface area contributed by atoms with Gasteiger partial charge < -0.3 is 10.5 Å². The van der Waals surface area contributed by atoms with E-state index in [1.165, 1.54) is 6.07 Å². The number of nitrogens with two attached hydrogens (primary N) is 1. The number of halogens is 1. The molecule has 1 atom stereocenters. The molecule has 19 heavy (non-hydrogen) atoms. The number of likely N-dealkylation sites (tertiary alicyclic amines) is 1. The van der Waals surface area contributed by atoms with Crippen molar-refractivity contribution in [3.8, 4) is 5.75 Å². The van der Waals surface area contributed by atoms with E-state index in [-0.39, 0.29) is 11.4 Å². The lowest BCUT2D eigenvalue weighted by Crippen LogP contribution is -2.42. The Balaban J connectivity index is 1.70. The van der Waals surface area contributed by atoms with Crippen LogP contribution in [0.5, 0.6) is 5.75 Å². The average molecular weight is 264 g/mol. The van der Waals surface area contributed by atoms with Gasteiger partial charge in [0.1, 0.15) is 17.2 Å². The predicted molar refractivity (Wildman–Crippen MR) is 72.8 cm³/mol. The second kappa shape index (κ2) is 5.10. The minimum absolute atomic E-state index is 0.0561. The minimum atomic E-state index is -0.172. The molecule has 2 aliphatic heterocycles. The van der Waals surface area contributed by atoms with Crippen molar-refractivity contribution >= 4 is 0 Å². The Kier molecular flexibility index (Phi) is 3.46. The lowest BCUT2D eigenvalue weighted by Gasteiger charge is -2.35. The molecule has 0 aromatic heterocycles. The molecular weight excluding hydrogens is 243 g/mol. The number of nitrogens with zero attached hydrogens (tertiary/aromatic N) is 1. The fourth-order valence-corrected chi connectivity index (χ4v) is 3.21. The first-order chi connectivity index (χ1) is 9.21. The molecule has 2 aliphatic rings. The van der Waals surface area contributed by atoms with Gasteiger partial charge in [0.2, 0.25) is 0 Å². The smallest absolute Gasteiger partial charge is 0.123 e. The second-order valence-electron chi connectivity index (χ2n) is 5.71. The average Bonchev–Trinajstić information content (AvgIpc) is 2.80. The van der Waals surface area contributed by atoms with Gasteiger partial charge in [0.15, 0.2) is 0 Å². The van der Waals surface area contributed by atoms with E-state index < -0.39 is 0 Å². The minimum Gasteiger partial charge on any atom is -0.486 e. The highest BCUT2D eigenvalue weighted by atomic mass is 19.1. The SMILES string of the molecule is NCCCN1CCC2(CCc3cc(F)ccc3O2)C1. The largest absolute Gasteiger partial charge is 0.486 e. The monoisotopic (exact) mass is 264 g/mol. The normalized spacial score (nSPS) is 26.4. The molecule has 1 aromatic carbocycles. The first-order valence-electron chi connectivity index (χ1n) is 7.11. The molecule has 0 amide bonds. The number of rotatable bonds is 3. The van der Waals surface area contributed by atoms with Crippen molar-refractivity contribution in [3.63, 3.8) is 0 Å². The predicted octanol–water partition coefficient (Wildman–Crippen LogP) is 1.94. The van der Waals surface area contributed by atoms with Crippen molar-refractivity contribution in [1.29, 1.82) is 0 Å². The van der Waals surface area contributed by atoms with Crippen LogP contribution in [0.4, 0.5) is 4.39 Å². The van der Waals surface area contributed by atoms with Gasteiger partial charge in [-0.2, -0.15) is 0 Å². The molecular formula is C15H21FN2O. The molecule has 0 radical (unpaired) electrons. The summed E-state index contributed by atoms with van der Waals surface area (Å²) in [6, 6.07) is 4.86. The summed E-state index contributed by atoms with van der Waals surface area (Å²) in [5.41, 5.74) is 6.51. The zero-order chi connectivity index (χ0) is 13.3. The van der Waals surface area contributed by atoms with Crippen LogP contribution in [0.15, 0.2) is 18.2 Å². The van der Waals surface area contributed by atoms with E-state index in [2.05, 4.69) is 4.90 Å². The lowest BCUT2D eigenvalue weighted by atomic mass is 9.90. The molecule has 1 spiro atoms. The Bertz CT molecular complexity index is 465. The molecule has 1 saturated heterocycles. The summed E-state index contributed by atoms with van der Waals surface area (Å²) in [5, 5.41) is 0. The molecule has 0 aliphatic carbocycles. The zero-order valence-electron chi connectivity index (χ0n) is 11.2. The summed E-state index contributed by atoms with van der Waals surface area (Å²) in [4.78, 5) is 2.43. The Morgan fingerprint density at radius 3 is 3.11 bits per heavy atom. The molecule has 2 N–H and O–H groups in total. The van der Waals surface area contributed by atoms with E-state index in [0.717, 1.165) is 63.2 Å². The third-order valence-electron chi connectivity index (χ3n) is 4.27. The van der Waals surface area contributed by atoms with Crippen molar-refractivity contribution in [2.75, 3.05) is 26.2 Å². The Labute approximate surface area is 113 Å². The highest BCUT2D eigenvalue weighted by molar-refractivity contribution is 5.37. The van der Waals surface area contributed by atoms with E-state index in [0.29, 0.717) is 0 Å². The topological polar surface area (TPSA) is 38.5 Å². The van der Waals surface area contributed by atoms with E-state index in [4.69, 9.17) is 10.5 Å². The fraction of sp³-hybridized carbons (Fsp3) is 0.600. The van der Waals surface area contributed by atoms with Crippen LogP contribution in [-0.2, 0) is 6.42 Å². The maximum atomic E-state index is 13.2. The van der Waals surface area contributed by atoms with Gasteiger partial charge in [-0.25, -0.2) is 4.39 Å². The third-order valence-corrected chi connectivity index (χ3v) is 4.27. The first-order valence-corrected chi connectivity index (χ1v) is 7.11. The number of hydrogen-bond acceptors (Lipinski definition) is 3. The van der Waals surface area contributed by atoms with Crippen LogP contribution in [0.3, 0.4) is 0 Å². The number of benzene rings is 1. The Morgan fingerprint density at radius 2 is 2.26 bits per heavy atom. The quantitative estimate of drug-likeness (QED) is 0.907. The highest BCUT2D eigenvalue weighted by Crippen LogP contribution is 2.38. The van der Waals surface area contributed by atoms with Gasteiger partial charge in [0.05, 0.1) is 0 Å². The van der Waals surface area contributed by atoms with E-state index in [1.807, 2.05) is 0 Å². The van der Waals surface area contributed by atoms with Crippen LogP contribution in [0.2, 0.25) is 0 Å². The maximum Gasteiger partial charge on any atom is 0.123 e. The van der Waals surface area contributed by atoms with Crippen molar-refractivity contribution in [2.45, 2.75) is 31.3 Å². The lowest BCUT2D eigenvalue weighted by molar-refractivity contribution is 0.0543. The number of fused-ring (bicyclic) bond motifs is 1. The summed E-state index contributed by atoms with van der Waals surface area (Å²) in [5.74, 6) is 0.697. The van der Waals surface area contributed by atoms with Gasteiger partial charge in [0.25, 0.3) is 0 Å². The second-order valence-corrected chi connectivity index (χ2v) is 5.71. The van der Waals surface area contributed by atoms with Crippen LogP contribution >= 0.6 is 0 Å². The van der Waals surface area contributed by atoms with Crippen LogP contribution in [0, 0.1) is 5.82 Å². The van der Waals surface area contributed by atoms with E-state index >= 15 is 0 Å². The van der Waals surface area contributed by atoms with Crippen LogP contribution in [0.1, 0.15) is 24.8 Å². The Hall–Kier alpha value is -1.13. The van der Waals surface area contributed by atoms with Crippen molar-refractivity contribution in [3.05, 3.63) is 29.6 Å². The molecule has 1 aromatic rings. The number of hydrogen-bond donors (Lipinski definition) is 1. The van der Waals surface area contributed by atoms with Crippen LogP contribution < -0.4 is 10.5 Å². The first kappa shape index (κ1) is 12.9. The van der Waals surface area contributed by atoms with Crippen LogP contribution in [0.25, 0.3) is 0 Å². The number of ether oxygens (including phenoxy) is 1. The van der Waals surface area contributed by atoms with Gasteiger partial charge in [-0.15, -0.1) is 0 Å². The molecule has 2 heterocycles. The molecule has 1 unspecified atom stereocenters. The summed E-state index contributed by atoms with van der Waals surface area (Å²) in [6.45, 7) is 3.85. The van der Waals surface area contributed by atoms with Gasteiger partial charge in [-0.3, -0.25) is 4.90 Å². The summed E-state index contributed by atoms with van der Waals surface area (Å²) in [7, 11) is 0. The molecule has 0 bridgehead atoms. The van der Waals surface area contributed by atoms with Gasteiger partial charge in [0, 0.05) is 19.5 Å². The van der Waals surface area contributed by atoms with Gasteiger partial charge in [-0.1, -0.05) is 0 Å². The fourth-order valence-electron chi connectivity index (χ4n) is 3.21. The summed E-state index contributed by atoms with van der Waals surface area (Å²) in [6.07, 6.45) is 4.01. The summed E-state index contributed by atoms with van der Waals surface area (Å²) >= 11 is 0. The number of aryl methyl sites for hydroxylation is 1. The van der Waals surface area contributed by atoms with Crippen LogP contribution in [-0.4, -0.2) is 36.7 Å². The van der Waals surface area contributed by atoms with Crippen molar-refractivity contribution < 1.29 is 9.13 Å². The van der Waals surface area contributed by atoms with Crippen molar-refractivity contribution in [2.24, 2.45) is 5.73 Å². The molecule has 0 saturated carbocycles. The molecule has 3 rings (SSSR count). The third kappa shape index (κ3) is 2.60. The molecule has 3 nitrogen and oxygen atoms in total. The maximum absolute atomic E-state index is 13.2. The van der Waals surface area contributed by atoms with E-state index in [1.54, 1.807) is 12.1 Å². The highest BCUT2D eigenvalue weighted by Gasteiger charge is 2.42. The van der Waals surface area contributed by atoms with E-state index in [9.17, 15) is 4.39 Å². The molecule has 104 valence electrons. The summed E-state index contributed by atoms with van der Waals surface area (Å²) < 4.78 is 19.4. The van der Waals surface area contributed by atoms with Gasteiger partial charge >= 0.3 is 0 Å².